The minimum Gasteiger partial charge on any atom is -0.490 e. The molecule has 1 saturated carbocycles. The van der Waals surface area contributed by atoms with Gasteiger partial charge in [-0.1, -0.05) is 12.8 Å². The van der Waals surface area contributed by atoms with Crippen molar-refractivity contribution in [1.82, 2.24) is 24.9 Å². The van der Waals surface area contributed by atoms with E-state index in [4.69, 9.17) is 10.5 Å². The van der Waals surface area contributed by atoms with Crippen LogP contribution in [0.3, 0.4) is 0 Å². The van der Waals surface area contributed by atoms with Crippen molar-refractivity contribution in [1.29, 1.82) is 0 Å². The van der Waals surface area contributed by atoms with Crippen molar-refractivity contribution >= 4 is 17.5 Å². The molecule has 0 spiro atoms. The summed E-state index contributed by atoms with van der Waals surface area (Å²) in [5, 5.41) is 6.85. The molecule has 8 nitrogen and oxygen atoms in total. The molecular formula is C27H28F2N6O2. The zero-order chi connectivity index (χ0) is 26.1. The maximum absolute atomic E-state index is 14.6. The first-order chi connectivity index (χ1) is 17.8. The van der Waals surface area contributed by atoms with Crippen LogP contribution < -0.4 is 15.8 Å². The molecule has 1 aliphatic rings. The van der Waals surface area contributed by atoms with Crippen molar-refractivity contribution in [2.24, 2.45) is 5.92 Å². The molecule has 192 valence electrons. The Labute approximate surface area is 212 Å². The molecule has 0 saturated heterocycles. The van der Waals surface area contributed by atoms with Gasteiger partial charge in [-0.3, -0.25) is 9.78 Å². The molecule has 0 unspecified atom stereocenters. The molecule has 0 bridgehead atoms. The van der Waals surface area contributed by atoms with Crippen LogP contribution in [0.15, 0.2) is 36.5 Å². The third-order valence-electron chi connectivity index (χ3n) is 6.78. The van der Waals surface area contributed by atoms with E-state index in [1.54, 1.807) is 23.7 Å². The van der Waals surface area contributed by atoms with Crippen LogP contribution in [0.2, 0.25) is 0 Å². The highest BCUT2D eigenvalue weighted by Crippen LogP contribution is 2.30. The van der Waals surface area contributed by atoms with E-state index >= 15 is 0 Å². The number of carbonyl (C=O) groups is 1. The lowest BCUT2D eigenvalue weighted by atomic mass is 10.0. The third-order valence-corrected chi connectivity index (χ3v) is 6.78. The summed E-state index contributed by atoms with van der Waals surface area (Å²) in [4.78, 5) is 21.9. The molecule has 10 heteroatoms. The fraction of sp³-hybridized carbons (Fsp3) is 0.333. The first-order valence-corrected chi connectivity index (χ1v) is 12.3. The molecule has 3 N–H and O–H groups in total. The molecule has 3 heterocycles. The largest absolute Gasteiger partial charge is 0.490 e. The predicted octanol–water partition coefficient (Wildman–Crippen LogP) is 4.77. The Bertz CT molecular complexity index is 1480. The number of hydrogen-bond acceptors (Lipinski definition) is 6. The average Bonchev–Trinajstić information content (AvgIpc) is 3.50. The number of nitrogens with one attached hydrogen (secondary N) is 1. The van der Waals surface area contributed by atoms with Gasteiger partial charge in [0.25, 0.3) is 5.91 Å². The van der Waals surface area contributed by atoms with Crippen molar-refractivity contribution in [3.63, 3.8) is 0 Å². The summed E-state index contributed by atoms with van der Waals surface area (Å²) in [6.45, 7) is 3.87. The lowest BCUT2D eigenvalue weighted by molar-refractivity contribution is 0.0949. The van der Waals surface area contributed by atoms with Crippen LogP contribution in [0.25, 0.3) is 16.8 Å². The number of nitrogens with zero attached hydrogens (tertiary/aromatic N) is 4. The van der Waals surface area contributed by atoms with Crippen LogP contribution in [0.4, 0.5) is 14.7 Å². The highest BCUT2D eigenvalue weighted by Gasteiger charge is 2.20. The van der Waals surface area contributed by atoms with E-state index in [1.807, 2.05) is 19.1 Å². The number of carbonyl (C=O) groups excluding carboxylic acids is 1. The zero-order valence-electron chi connectivity index (χ0n) is 20.7. The number of halogens is 2. The average molecular weight is 507 g/mol. The van der Waals surface area contributed by atoms with E-state index in [-0.39, 0.29) is 23.8 Å². The Kier molecular flexibility index (Phi) is 6.73. The fourth-order valence-electron chi connectivity index (χ4n) is 4.87. The third kappa shape index (κ3) is 5.23. The lowest BCUT2D eigenvalue weighted by Gasteiger charge is -2.17. The SMILES string of the molecule is Cc1nc(C)c(-c2ccn3nc(N)nc3c2)cc1C(=O)NCc1cc(F)cc(F)c1OCC1CCCC1. The monoisotopic (exact) mass is 506 g/mol. The van der Waals surface area contributed by atoms with Gasteiger partial charge in [-0.25, -0.2) is 13.3 Å². The van der Waals surface area contributed by atoms with Gasteiger partial charge in [-0.15, -0.1) is 5.10 Å². The first kappa shape index (κ1) is 24.6. The summed E-state index contributed by atoms with van der Waals surface area (Å²) < 4.78 is 35.9. The summed E-state index contributed by atoms with van der Waals surface area (Å²) in [5.74, 6) is -1.41. The van der Waals surface area contributed by atoms with Crippen LogP contribution in [0.1, 0.15) is 53.0 Å². The van der Waals surface area contributed by atoms with Gasteiger partial charge in [0.15, 0.2) is 17.2 Å². The van der Waals surface area contributed by atoms with Crippen LogP contribution >= 0.6 is 0 Å². The highest BCUT2D eigenvalue weighted by atomic mass is 19.1. The number of amides is 1. The maximum Gasteiger partial charge on any atom is 0.253 e. The summed E-state index contributed by atoms with van der Waals surface area (Å²) in [5.41, 5.74) is 9.68. The Morgan fingerprint density at radius 2 is 1.92 bits per heavy atom. The lowest BCUT2D eigenvalue weighted by Crippen LogP contribution is -2.25. The Morgan fingerprint density at radius 1 is 1.14 bits per heavy atom. The minimum atomic E-state index is -0.776. The molecule has 1 amide bonds. The maximum atomic E-state index is 14.6. The number of hydrogen-bond donors (Lipinski definition) is 2. The molecule has 1 fully saturated rings. The summed E-state index contributed by atoms with van der Waals surface area (Å²) >= 11 is 0. The van der Waals surface area contributed by atoms with Gasteiger partial charge < -0.3 is 15.8 Å². The second-order valence-corrected chi connectivity index (χ2v) is 9.46. The second-order valence-electron chi connectivity index (χ2n) is 9.46. The molecule has 37 heavy (non-hydrogen) atoms. The van der Waals surface area contributed by atoms with E-state index < -0.39 is 17.5 Å². The predicted molar refractivity (Wildman–Crippen MR) is 135 cm³/mol. The molecule has 0 radical (unpaired) electrons. The van der Waals surface area contributed by atoms with E-state index in [0.717, 1.165) is 48.6 Å². The fourth-order valence-corrected chi connectivity index (χ4v) is 4.87. The van der Waals surface area contributed by atoms with Crippen LogP contribution in [-0.4, -0.2) is 32.1 Å². The van der Waals surface area contributed by atoms with Gasteiger partial charge in [-0.05, 0) is 62.4 Å². The van der Waals surface area contributed by atoms with Gasteiger partial charge >= 0.3 is 0 Å². The van der Waals surface area contributed by atoms with Gasteiger partial charge in [-0.2, -0.15) is 4.98 Å². The normalized spacial score (nSPS) is 13.8. The van der Waals surface area contributed by atoms with Gasteiger partial charge in [0.2, 0.25) is 5.95 Å². The molecule has 5 rings (SSSR count). The molecule has 4 aromatic rings. The number of nitrogens with two attached hydrogens (primary N) is 1. The van der Waals surface area contributed by atoms with Gasteiger partial charge in [0, 0.05) is 35.6 Å². The molecule has 0 aliphatic heterocycles. The summed E-state index contributed by atoms with van der Waals surface area (Å²) in [6, 6.07) is 7.40. The molecule has 1 aromatic carbocycles. The molecule has 0 atom stereocenters. The molecular weight excluding hydrogens is 478 g/mol. The first-order valence-electron chi connectivity index (χ1n) is 12.3. The Hall–Kier alpha value is -4.08. The van der Waals surface area contributed by atoms with Crippen LogP contribution in [0.5, 0.6) is 5.75 Å². The smallest absolute Gasteiger partial charge is 0.253 e. The van der Waals surface area contributed by atoms with Crippen molar-refractivity contribution in [2.45, 2.75) is 46.1 Å². The number of aromatic nitrogens is 4. The highest BCUT2D eigenvalue weighted by molar-refractivity contribution is 5.96. The van der Waals surface area contributed by atoms with Gasteiger partial charge in [0.1, 0.15) is 5.82 Å². The molecule has 3 aromatic heterocycles. The quantitative estimate of drug-likeness (QED) is 0.374. The number of pyridine rings is 2. The van der Waals surface area contributed by atoms with E-state index in [9.17, 15) is 13.6 Å². The van der Waals surface area contributed by atoms with Crippen molar-refractivity contribution in [3.05, 3.63) is 70.7 Å². The topological polar surface area (TPSA) is 107 Å². The summed E-state index contributed by atoms with van der Waals surface area (Å²) in [7, 11) is 0. The number of rotatable bonds is 7. The summed E-state index contributed by atoms with van der Waals surface area (Å²) in [6.07, 6.45) is 6.08. The van der Waals surface area contributed by atoms with Gasteiger partial charge in [0.05, 0.1) is 17.9 Å². The number of nitrogen functional groups attached to an aromatic ring is 1. The number of fused-ring (bicyclic) bond motifs is 1. The minimum absolute atomic E-state index is 0.0195. The number of ether oxygens (including phenoxy) is 1. The standard InChI is InChI=1S/C27H28F2N6O2/c1-15-21(18-7-8-35-24(10-18)33-27(30)34-35)12-22(16(2)32-15)26(36)31-13-19-9-20(28)11-23(29)25(19)37-14-17-5-3-4-6-17/h7-12,17H,3-6,13-14H2,1-2H3,(H2,30,34)(H,31,36). The Balaban J connectivity index is 1.37. The van der Waals surface area contributed by atoms with E-state index in [1.165, 1.54) is 6.07 Å². The number of aryl methyl sites for hydroxylation is 2. The van der Waals surface area contributed by atoms with Crippen LogP contribution in [0, 0.1) is 31.4 Å². The van der Waals surface area contributed by atoms with Crippen molar-refractivity contribution in [3.8, 4) is 16.9 Å². The number of benzene rings is 1. The van der Waals surface area contributed by atoms with Crippen LogP contribution in [-0.2, 0) is 6.54 Å². The number of anilines is 1. The Morgan fingerprint density at radius 3 is 2.70 bits per heavy atom. The second kappa shape index (κ2) is 10.1. The van der Waals surface area contributed by atoms with E-state index in [0.29, 0.717) is 29.4 Å². The molecule has 1 aliphatic carbocycles. The van der Waals surface area contributed by atoms with E-state index in [2.05, 4.69) is 20.4 Å². The van der Waals surface area contributed by atoms with Crippen molar-refractivity contribution in [2.75, 3.05) is 12.3 Å². The zero-order valence-corrected chi connectivity index (χ0v) is 20.7. The van der Waals surface area contributed by atoms with Crippen molar-refractivity contribution < 1.29 is 18.3 Å².